The summed E-state index contributed by atoms with van der Waals surface area (Å²) < 4.78 is 0. The molecule has 1 aromatic rings. The van der Waals surface area contributed by atoms with E-state index in [1.807, 2.05) is 0 Å². The van der Waals surface area contributed by atoms with Crippen LogP contribution in [0.25, 0.3) is 0 Å². The fourth-order valence-corrected chi connectivity index (χ4v) is 3.19. The van der Waals surface area contributed by atoms with Gasteiger partial charge in [0.1, 0.15) is 0 Å². The third-order valence-corrected chi connectivity index (χ3v) is 4.11. The quantitative estimate of drug-likeness (QED) is 0.813. The van der Waals surface area contributed by atoms with Crippen LogP contribution in [0.15, 0.2) is 16.8 Å². The summed E-state index contributed by atoms with van der Waals surface area (Å²) in [6.07, 6.45) is 6.08. The van der Waals surface area contributed by atoms with Crippen LogP contribution in [0.2, 0.25) is 0 Å². The van der Waals surface area contributed by atoms with Crippen LogP contribution in [0.5, 0.6) is 0 Å². The van der Waals surface area contributed by atoms with E-state index in [2.05, 4.69) is 23.8 Å². The van der Waals surface area contributed by atoms with Gasteiger partial charge in [0, 0.05) is 5.54 Å². The number of aryl methyl sites for hydroxylation is 1. The lowest BCUT2D eigenvalue weighted by molar-refractivity contribution is 0.392. The monoisotopic (exact) mass is 209 g/mol. The van der Waals surface area contributed by atoms with Crippen molar-refractivity contribution in [3.8, 4) is 0 Å². The molecule has 1 aliphatic carbocycles. The molecule has 0 bridgehead atoms. The standard InChI is InChI=1S/C12H19NS/c1-10-2-5-12(13,8-10)6-3-11-4-7-14-9-11/h4,7,9-10H,2-3,5-6,8,13H2,1H3. The van der Waals surface area contributed by atoms with Crippen LogP contribution < -0.4 is 5.73 Å². The fourth-order valence-electron chi connectivity index (χ4n) is 2.49. The minimum atomic E-state index is 0.140. The number of hydrogen-bond acceptors (Lipinski definition) is 2. The third-order valence-electron chi connectivity index (χ3n) is 3.38. The molecule has 2 atom stereocenters. The van der Waals surface area contributed by atoms with Crippen molar-refractivity contribution in [3.05, 3.63) is 22.4 Å². The Labute approximate surface area is 90.3 Å². The summed E-state index contributed by atoms with van der Waals surface area (Å²) in [5, 5.41) is 4.39. The van der Waals surface area contributed by atoms with E-state index in [0.717, 1.165) is 18.8 Å². The van der Waals surface area contributed by atoms with Gasteiger partial charge in [-0.3, -0.25) is 0 Å². The Bertz CT molecular complexity index is 281. The van der Waals surface area contributed by atoms with Gasteiger partial charge >= 0.3 is 0 Å². The number of hydrogen-bond donors (Lipinski definition) is 1. The van der Waals surface area contributed by atoms with E-state index in [9.17, 15) is 0 Å². The maximum atomic E-state index is 6.37. The molecular formula is C12H19NS. The molecule has 1 saturated carbocycles. The zero-order chi connectivity index (χ0) is 10.0. The van der Waals surface area contributed by atoms with Gasteiger partial charge in [0.05, 0.1) is 0 Å². The number of nitrogens with two attached hydrogens (primary N) is 1. The van der Waals surface area contributed by atoms with Gasteiger partial charge < -0.3 is 5.73 Å². The molecule has 1 heterocycles. The minimum Gasteiger partial charge on any atom is -0.325 e. The number of thiophene rings is 1. The minimum absolute atomic E-state index is 0.140. The summed E-state index contributed by atoms with van der Waals surface area (Å²) in [7, 11) is 0. The molecule has 1 aliphatic rings. The smallest absolute Gasteiger partial charge is 0.0160 e. The maximum Gasteiger partial charge on any atom is 0.0160 e. The van der Waals surface area contributed by atoms with Crippen molar-refractivity contribution < 1.29 is 0 Å². The zero-order valence-electron chi connectivity index (χ0n) is 8.83. The molecule has 0 radical (unpaired) electrons. The highest BCUT2D eigenvalue weighted by molar-refractivity contribution is 7.07. The molecule has 0 amide bonds. The van der Waals surface area contributed by atoms with Crippen molar-refractivity contribution in [2.75, 3.05) is 0 Å². The van der Waals surface area contributed by atoms with E-state index in [1.165, 1.54) is 24.8 Å². The lowest BCUT2D eigenvalue weighted by Gasteiger charge is -2.23. The zero-order valence-corrected chi connectivity index (χ0v) is 9.65. The van der Waals surface area contributed by atoms with Crippen molar-refractivity contribution in [2.24, 2.45) is 11.7 Å². The molecule has 1 nitrogen and oxygen atoms in total. The summed E-state index contributed by atoms with van der Waals surface area (Å²) >= 11 is 1.78. The van der Waals surface area contributed by atoms with E-state index in [-0.39, 0.29) is 5.54 Å². The predicted octanol–water partition coefficient (Wildman–Crippen LogP) is 3.20. The molecule has 2 heteroatoms. The van der Waals surface area contributed by atoms with Crippen molar-refractivity contribution >= 4 is 11.3 Å². The topological polar surface area (TPSA) is 26.0 Å². The maximum absolute atomic E-state index is 6.37. The van der Waals surface area contributed by atoms with Crippen LogP contribution >= 0.6 is 11.3 Å². The highest BCUT2D eigenvalue weighted by Crippen LogP contribution is 2.35. The molecular weight excluding hydrogens is 190 g/mol. The van der Waals surface area contributed by atoms with Gasteiger partial charge in [0.15, 0.2) is 0 Å². The average Bonchev–Trinajstić information content (AvgIpc) is 2.73. The Kier molecular flexibility index (Phi) is 2.93. The van der Waals surface area contributed by atoms with Crippen molar-refractivity contribution in [1.29, 1.82) is 0 Å². The second-order valence-corrected chi connectivity index (χ2v) is 5.62. The van der Waals surface area contributed by atoms with E-state index < -0.39 is 0 Å². The Morgan fingerprint density at radius 1 is 1.64 bits per heavy atom. The molecule has 2 rings (SSSR count). The first-order valence-electron chi connectivity index (χ1n) is 5.48. The van der Waals surface area contributed by atoms with Crippen LogP contribution in [0.3, 0.4) is 0 Å². The molecule has 1 fully saturated rings. The molecule has 2 N–H and O–H groups in total. The summed E-state index contributed by atoms with van der Waals surface area (Å²) in [4.78, 5) is 0. The van der Waals surface area contributed by atoms with Gasteiger partial charge in [-0.05, 0) is 60.4 Å². The van der Waals surface area contributed by atoms with Crippen LogP contribution in [0.1, 0.15) is 38.2 Å². The summed E-state index contributed by atoms with van der Waals surface area (Å²) in [5.74, 6) is 0.836. The lowest BCUT2D eigenvalue weighted by Crippen LogP contribution is -2.37. The van der Waals surface area contributed by atoms with Crippen molar-refractivity contribution in [2.45, 2.75) is 44.6 Å². The van der Waals surface area contributed by atoms with E-state index in [0.29, 0.717) is 0 Å². The lowest BCUT2D eigenvalue weighted by atomic mass is 9.90. The fraction of sp³-hybridized carbons (Fsp3) is 0.667. The highest BCUT2D eigenvalue weighted by atomic mass is 32.1. The Balaban J connectivity index is 1.86. The first-order chi connectivity index (χ1) is 6.68. The normalized spacial score (nSPS) is 32.3. The Hall–Kier alpha value is -0.340. The van der Waals surface area contributed by atoms with Gasteiger partial charge in [-0.15, -0.1) is 0 Å². The van der Waals surface area contributed by atoms with Crippen LogP contribution in [0, 0.1) is 5.92 Å². The SMILES string of the molecule is CC1CCC(N)(CCc2ccsc2)C1. The number of rotatable bonds is 3. The van der Waals surface area contributed by atoms with Gasteiger partial charge in [-0.1, -0.05) is 6.92 Å². The molecule has 0 saturated heterocycles. The predicted molar refractivity (Wildman–Crippen MR) is 62.6 cm³/mol. The molecule has 0 aliphatic heterocycles. The van der Waals surface area contributed by atoms with Gasteiger partial charge in [0.2, 0.25) is 0 Å². The van der Waals surface area contributed by atoms with E-state index >= 15 is 0 Å². The Morgan fingerprint density at radius 3 is 3.07 bits per heavy atom. The van der Waals surface area contributed by atoms with E-state index in [1.54, 1.807) is 11.3 Å². The molecule has 0 aromatic carbocycles. The van der Waals surface area contributed by atoms with Gasteiger partial charge in [0.25, 0.3) is 0 Å². The molecule has 78 valence electrons. The average molecular weight is 209 g/mol. The van der Waals surface area contributed by atoms with Gasteiger partial charge in [-0.2, -0.15) is 11.3 Å². The van der Waals surface area contributed by atoms with Crippen LogP contribution in [0.4, 0.5) is 0 Å². The first kappa shape index (κ1) is 10.2. The Morgan fingerprint density at radius 2 is 2.50 bits per heavy atom. The summed E-state index contributed by atoms with van der Waals surface area (Å²) in [6.45, 7) is 2.32. The van der Waals surface area contributed by atoms with Crippen LogP contribution in [-0.2, 0) is 6.42 Å². The second kappa shape index (κ2) is 4.03. The van der Waals surface area contributed by atoms with Crippen LogP contribution in [-0.4, -0.2) is 5.54 Å². The second-order valence-electron chi connectivity index (χ2n) is 4.84. The van der Waals surface area contributed by atoms with E-state index in [4.69, 9.17) is 5.73 Å². The molecule has 1 aromatic heterocycles. The molecule has 0 spiro atoms. The van der Waals surface area contributed by atoms with Crippen molar-refractivity contribution in [1.82, 2.24) is 0 Å². The third kappa shape index (κ3) is 2.37. The largest absolute Gasteiger partial charge is 0.325 e. The summed E-state index contributed by atoms with van der Waals surface area (Å²) in [6, 6.07) is 2.21. The van der Waals surface area contributed by atoms with Crippen molar-refractivity contribution in [3.63, 3.8) is 0 Å². The summed E-state index contributed by atoms with van der Waals surface area (Å²) in [5.41, 5.74) is 7.97. The molecule has 14 heavy (non-hydrogen) atoms. The van der Waals surface area contributed by atoms with Gasteiger partial charge in [-0.25, -0.2) is 0 Å². The first-order valence-corrected chi connectivity index (χ1v) is 6.42. The highest BCUT2D eigenvalue weighted by Gasteiger charge is 2.32. The molecule has 2 unspecified atom stereocenters.